The van der Waals surface area contributed by atoms with Gasteiger partial charge in [-0.15, -0.1) is 0 Å². The second kappa shape index (κ2) is 2.81. The van der Waals surface area contributed by atoms with Gasteiger partial charge >= 0.3 is 0 Å². The molecule has 0 aromatic heterocycles. The minimum atomic E-state index is -0.331. The van der Waals surface area contributed by atoms with Crippen molar-refractivity contribution in [3.8, 4) is 11.1 Å². The summed E-state index contributed by atoms with van der Waals surface area (Å²) >= 11 is 1.47. The summed E-state index contributed by atoms with van der Waals surface area (Å²) in [6.45, 7) is 1.89. The fourth-order valence-corrected chi connectivity index (χ4v) is 2.10. The van der Waals surface area contributed by atoms with E-state index < -0.39 is 0 Å². The van der Waals surface area contributed by atoms with E-state index in [1.165, 1.54) is 11.3 Å². The predicted molar refractivity (Wildman–Crippen MR) is 52.3 cm³/mol. The van der Waals surface area contributed by atoms with Gasteiger partial charge in [-0.2, -0.15) is 11.3 Å². The van der Waals surface area contributed by atoms with Crippen molar-refractivity contribution in [2.75, 3.05) is 0 Å². The van der Waals surface area contributed by atoms with Gasteiger partial charge in [0, 0.05) is 11.4 Å². The van der Waals surface area contributed by atoms with Gasteiger partial charge in [0.1, 0.15) is 0 Å². The van der Waals surface area contributed by atoms with Gasteiger partial charge in [-0.05, 0) is 29.5 Å². The first-order valence-corrected chi connectivity index (χ1v) is 4.74. The summed E-state index contributed by atoms with van der Waals surface area (Å²) in [5, 5.41) is 14.4. The highest BCUT2D eigenvalue weighted by Crippen LogP contribution is 2.37. The van der Waals surface area contributed by atoms with Crippen LogP contribution in [0.15, 0.2) is 22.9 Å². The molecule has 0 aromatic carbocycles. The quantitative estimate of drug-likeness (QED) is 0.516. The lowest BCUT2D eigenvalue weighted by Gasteiger charge is -1.96. The summed E-state index contributed by atoms with van der Waals surface area (Å²) in [6.07, 6.45) is 0. The van der Waals surface area contributed by atoms with E-state index in [0.717, 1.165) is 16.7 Å². The average Bonchev–Trinajstić information content (AvgIpc) is 2.45. The molecular weight excluding hydrogens is 186 g/mol. The van der Waals surface area contributed by atoms with Crippen molar-refractivity contribution >= 4 is 17.0 Å². The highest BCUT2D eigenvalue weighted by atomic mass is 32.1. The molecular formula is C9H7NO2S. The molecule has 1 aliphatic heterocycles. The highest BCUT2D eigenvalue weighted by molar-refractivity contribution is 7.08. The summed E-state index contributed by atoms with van der Waals surface area (Å²) in [5.41, 5.74) is 2.90. The lowest BCUT2D eigenvalue weighted by molar-refractivity contribution is -0.383. The second-order valence-corrected chi connectivity index (χ2v) is 3.63. The van der Waals surface area contributed by atoms with E-state index in [4.69, 9.17) is 0 Å². The number of nitrogens with zero attached hydrogens (tertiary/aromatic N) is 1. The van der Waals surface area contributed by atoms with Crippen LogP contribution in [0, 0.1) is 17.0 Å². The Morgan fingerprint density at radius 2 is 2.23 bits per heavy atom. The van der Waals surface area contributed by atoms with Crippen LogP contribution in [-0.4, -0.2) is 4.92 Å². The molecule has 0 radical (unpaired) electrons. The van der Waals surface area contributed by atoms with Crippen LogP contribution in [0.5, 0.6) is 0 Å². The molecule has 0 bridgehead atoms. The van der Waals surface area contributed by atoms with Crippen LogP contribution in [0.2, 0.25) is 0 Å². The van der Waals surface area contributed by atoms with E-state index in [9.17, 15) is 10.1 Å². The number of fused-ring (bicyclic) bond motifs is 1. The van der Waals surface area contributed by atoms with Crippen LogP contribution >= 0.6 is 11.3 Å². The molecule has 4 heteroatoms. The van der Waals surface area contributed by atoms with Crippen LogP contribution in [-0.2, 0) is 0 Å². The van der Waals surface area contributed by atoms with E-state index in [0.29, 0.717) is 0 Å². The molecule has 66 valence electrons. The molecule has 1 heterocycles. The van der Waals surface area contributed by atoms with Gasteiger partial charge < -0.3 is 0 Å². The van der Waals surface area contributed by atoms with E-state index in [2.05, 4.69) is 0 Å². The largest absolute Gasteiger partial charge is 0.278 e. The molecule has 1 aliphatic carbocycles. The number of hydrogen-bond acceptors (Lipinski definition) is 3. The zero-order valence-corrected chi connectivity index (χ0v) is 7.80. The van der Waals surface area contributed by atoms with Crippen molar-refractivity contribution in [2.45, 2.75) is 6.92 Å². The van der Waals surface area contributed by atoms with Crippen LogP contribution < -0.4 is 0 Å². The second-order valence-electron chi connectivity index (χ2n) is 2.85. The molecule has 3 nitrogen and oxygen atoms in total. The molecule has 13 heavy (non-hydrogen) atoms. The van der Waals surface area contributed by atoms with Crippen LogP contribution in [0.25, 0.3) is 11.1 Å². The molecule has 0 saturated carbocycles. The Morgan fingerprint density at radius 3 is 2.92 bits per heavy atom. The standard InChI is InChI=1S/C9H7NO2S/c1-6-4-9(10(11)12)8-5-13-3-2-7(6)8/h2-5H,1H3. The Labute approximate surface area is 79.1 Å². The molecule has 0 N–H and O–H groups in total. The zero-order valence-electron chi connectivity index (χ0n) is 6.98. The summed E-state index contributed by atoms with van der Waals surface area (Å²) < 4.78 is 0. The van der Waals surface area contributed by atoms with Crippen molar-refractivity contribution in [1.29, 1.82) is 0 Å². The molecule has 0 unspecified atom stereocenters. The number of nitro groups is 1. The topological polar surface area (TPSA) is 43.1 Å². The molecule has 2 rings (SSSR count). The van der Waals surface area contributed by atoms with Crippen molar-refractivity contribution in [1.82, 2.24) is 0 Å². The van der Waals surface area contributed by atoms with E-state index in [1.807, 2.05) is 23.8 Å². The Bertz CT molecular complexity index is 435. The first-order valence-electron chi connectivity index (χ1n) is 3.80. The molecule has 0 amide bonds. The Hall–Kier alpha value is -1.42. The van der Waals surface area contributed by atoms with Crippen LogP contribution in [0.4, 0.5) is 5.69 Å². The Morgan fingerprint density at radius 1 is 1.46 bits per heavy atom. The van der Waals surface area contributed by atoms with Crippen LogP contribution in [0.3, 0.4) is 0 Å². The maximum absolute atomic E-state index is 10.6. The number of aryl methyl sites for hydroxylation is 1. The summed E-state index contributed by atoms with van der Waals surface area (Å²) in [6, 6.07) is 3.54. The summed E-state index contributed by atoms with van der Waals surface area (Å²) in [4.78, 5) is 10.3. The molecule has 2 aliphatic rings. The maximum atomic E-state index is 10.6. The van der Waals surface area contributed by atoms with E-state index >= 15 is 0 Å². The Kier molecular flexibility index (Phi) is 1.77. The van der Waals surface area contributed by atoms with Crippen LogP contribution in [0.1, 0.15) is 5.56 Å². The molecule has 0 saturated heterocycles. The first-order chi connectivity index (χ1) is 6.20. The van der Waals surface area contributed by atoms with Gasteiger partial charge in [-0.3, -0.25) is 10.1 Å². The van der Waals surface area contributed by atoms with Crippen molar-refractivity contribution < 1.29 is 4.92 Å². The number of rotatable bonds is 1. The van der Waals surface area contributed by atoms with Gasteiger partial charge in [-0.1, -0.05) is 0 Å². The van der Waals surface area contributed by atoms with Gasteiger partial charge in [0.05, 0.1) is 10.5 Å². The molecule has 0 fully saturated rings. The summed E-state index contributed by atoms with van der Waals surface area (Å²) in [7, 11) is 0. The monoisotopic (exact) mass is 193 g/mol. The lowest BCUT2D eigenvalue weighted by atomic mass is 10.1. The molecule has 0 spiro atoms. The predicted octanol–water partition coefficient (Wildman–Crippen LogP) is 3.07. The fourth-order valence-electron chi connectivity index (χ4n) is 1.42. The SMILES string of the molecule is Cc1cc([N+](=O)[O-])c2csccc1-2. The third-order valence-electron chi connectivity index (χ3n) is 2.04. The Balaban J connectivity index is 2.74. The smallest absolute Gasteiger partial charge is 0.258 e. The highest BCUT2D eigenvalue weighted by Gasteiger charge is 2.20. The fraction of sp³-hybridized carbons (Fsp3) is 0.111. The van der Waals surface area contributed by atoms with Gasteiger partial charge in [0.25, 0.3) is 5.69 Å². The lowest BCUT2D eigenvalue weighted by Crippen LogP contribution is -1.85. The minimum Gasteiger partial charge on any atom is -0.258 e. The molecule has 0 aromatic rings. The van der Waals surface area contributed by atoms with E-state index in [-0.39, 0.29) is 10.6 Å². The van der Waals surface area contributed by atoms with Crippen molar-refractivity contribution in [3.63, 3.8) is 0 Å². The summed E-state index contributed by atoms with van der Waals surface area (Å²) in [5.74, 6) is 0. The first kappa shape index (κ1) is 8.19. The maximum Gasteiger partial charge on any atom is 0.278 e. The number of hydrogen-bond donors (Lipinski definition) is 0. The van der Waals surface area contributed by atoms with Crippen molar-refractivity contribution in [3.05, 3.63) is 38.6 Å². The zero-order chi connectivity index (χ0) is 9.42. The van der Waals surface area contributed by atoms with Gasteiger partial charge in [-0.25, -0.2) is 0 Å². The molecule has 0 atom stereocenters. The van der Waals surface area contributed by atoms with Gasteiger partial charge in [0.15, 0.2) is 0 Å². The average molecular weight is 193 g/mol. The third-order valence-corrected chi connectivity index (χ3v) is 2.71. The minimum absolute atomic E-state index is 0.212. The normalized spacial score (nSPS) is 10.5. The third kappa shape index (κ3) is 1.19. The van der Waals surface area contributed by atoms with E-state index in [1.54, 1.807) is 6.07 Å². The van der Waals surface area contributed by atoms with Crippen molar-refractivity contribution in [2.24, 2.45) is 0 Å². The van der Waals surface area contributed by atoms with Gasteiger partial charge in [0.2, 0.25) is 0 Å².